The van der Waals surface area contributed by atoms with Crippen LogP contribution in [-0.4, -0.2) is 22.5 Å². The molecule has 4 heteroatoms. The van der Waals surface area contributed by atoms with Crippen LogP contribution in [0.5, 0.6) is 0 Å². The fourth-order valence-corrected chi connectivity index (χ4v) is 1.93. The molecule has 0 radical (unpaired) electrons. The first-order valence-electron chi connectivity index (χ1n) is 6.02. The van der Waals surface area contributed by atoms with Gasteiger partial charge in [-0.25, -0.2) is 4.79 Å². The van der Waals surface area contributed by atoms with Crippen LogP contribution >= 0.6 is 0 Å². The van der Waals surface area contributed by atoms with Gasteiger partial charge in [0, 0.05) is 5.54 Å². The van der Waals surface area contributed by atoms with Crippen LogP contribution in [0.3, 0.4) is 0 Å². The average molecular weight is 249 g/mol. The summed E-state index contributed by atoms with van der Waals surface area (Å²) >= 11 is 0. The second-order valence-electron chi connectivity index (χ2n) is 4.94. The Morgan fingerprint density at radius 1 is 1.22 bits per heavy atom. The first-order chi connectivity index (χ1) is 8.37. The zero-order valence-electron chi connectivity index (χ0n) is 11.0. The molecular weight excluding hydrogens is 230 g/mol. The molecule has 0 saturated carbocycles. The second kappa shape index (κ2) is 5.67. The lowest BCUT2D eigenvalue weighted by Crippen LogP contribution is -2.43. The largest absolute Gasteiger partial charge is 0.478 e. The van der Waals surface area contributed by atoms with E-state index in [1.54, 1.807) is 12.1 Å². The van der Waals surface area contributed by atoms with E-state index < -0.39 is 5.97 Å². The quantitative estimate of drug-likeness (QED) is 0.843. The summed E-state index contributed by atoms with van der Waals surface area (Å²) in [6, 6.07) is 6.23. The van der Waals surface area contributed by atoms with Crippen molar-refractivity contribution in [1.82, 2.24) is 5.32 Å². The number of amides is 1. The maximum Gasteiger partial charge on any atom is 0.336 e. The summed E-state index contributed by atoms with van der Waals surface area (Å²) in [5.41, 5.74) is -0.103. The Bertz CT molecular complexity index is 452. The van der Waals surface area contributed by atoms with Crippen LogP contribution in [0.25, 0.3) is 0 Å². The van der Waals surface area contributed by atoms with Crippen molar-refractivity contribution in [2.75, 3.05) is 0 Å². The normalized spacial score (nSPS) is 11.1. The number of aromatic carboxylic acids is 1. The Morgan fingerprint density at radius 3 is 2.28 bits per heavy atom. The minimum atomic E-state index is -1.09. The second-order valence-corrected chi connectivity index (χ2v) is 4.94. The molecule has 0 aliphatic carbocycles. The molecule has 0 unspecified atom stereocenters. The van der Waals surface area contributed by atoms with Gasteiger partial charge in [0.2, 0.25) is 0 Å². The van der Waals surface area contributed by atoms with Crippen LogP contribution in [0.15, 0.2) is 24.3 Å². The standard InChI is InChI=1S/C14H19NO3/c1-4-9-14(2,3)15-12(16)10-7-5-6-8-11(10)13(17)18/h5-8H,4,9H2,1-3H3,(H,15,16)(H,17,18). The first kappa shape index (κ1) is 14.2. The van der Waals surface area contributed by atoms with Gasteiger partial charge in [0.05, 0.1) is 11.1 Å². The number of carbonyl (C=O) groups is 2. The smallest absolute Gasteiger partial charge is 0.336 e. The van der Waals surface area contributed by atoms with Crippen LogP contribution in [-0.2, 0) is 0 Å². The Hall–Kier alpha value is -1.84. The number of benzene rings is 1. The van der Waals surface area contributed by atoms with E-state index in [0.717, 1.165) is 12.8 Å². The summed E-state index contributed by atoms with van der Waals surface area (Å²) in [7, 11) is 0. The third-order valence-corrected chi connectivity index (χ3v) is 2.73. The van der Waals surface area contributed by atoms with Gasteiger partial charge < -0.3 is 10.4 Å². The fourth-order valence-electron chi connectivity index (χ4n) is 1.93. The van der Waals surface area contributed by atoms with Gasteiger partial charge in [-0.3, -0.25) is 4.79 Å². The molecule has 0 aromatic heterocycles. The SMILES string of the molecule is CCCC(C)(C)NC(=O)c1ccccc1C(=O)O. The molecule has 1 aromatic carbocycles. The number of nitrogens with one attached hydrogen (secondary N) is 1. The van der Waals surface area contributed by atoms with E-state index in [4.69, 9.17) is 5.11 Å². The molecule has 2 N–H and O–H groups in total. The van der Waals surface area contributed by atoms with Crippen molar-refractivity contribution < 1.29 is 14.7 Å². The van der Waals surface area contributed by atoms with Crippen LogP contribution in [0.4, 0.5) is 0 Å². The molecule has 4 nitrogen and oxygen atoms in total. The maximum atomic E-state index is 12.1. The predicted octanol–water partition coefficient (Wildman–Crippen LogP) is 2.69. The lowest BCUT2D eigenvalue weighted by atomic mass is 9.97. The van der Waals surface area contributed by atoms with Crippen molar-refractivity contribution in [1.29, 1.82) is 0 Å². The summed E-state index contributed by atoms with van der Waals surface area (Å²) in [6.45, 7) is 5.90. The molecule has 1 amide bonds. The van der Waals surface area contributed by atoms with Crippen LogP contribution < -0.4 is 5.32 Å². The molecule has 0 heterocycles. The highest BCUT2D eigenvalue weighted by Crippen LogP contribution is 2.14. The molecule has 1 rings (SSSR count). The van der Waals surface area contributed by atoms with E-state index in [-0.39, 0.29) is 22.6 Å². The predicted molar refractivity (Wildman–Crippen MR) is 69.9 cm³/mol. The van der Waals surface area contributed by atoms with Crippen molar-refractivity contribution in [2.24, 2.45) is 0 Å². The number of hydrogen-bond donors (Lipinski definition) is 2. The van der Waals surface area contributed by atoms with Gasteiger partial charge in [0.1, 0.15) is 0 Å². The van der Waals surface area contributed by atoms with Gasteiger partial charge >= 0.3 is 5.97 Å². The molecule has 98 valence electrons. The van der Waals surface area contributed by atoms with Gasteiger partial charge in [0.15, 0.2) is 0 Å². The summed E-state index contributed by atoms with van der Waals surface area (Å²) in [5, 5.41) is 11.9. The van der Waals surface area contributed by atoms with E-state index in [1.165, 1.54) is 12.1 Å². The van der Waals surface area contributed by atoms with Gasteiger partial charge in [-0.15, -0.1) is 0 Å². The van der Waals surface area contributed by atoms with Crippen LogP contribution in [0, 0.1) is 0 Å². The molecule has 0 aliphatic heterocycles. The highest BCUT2D eigenvalue weighted by molar-refractivity contribution is 6.04. The molecular formula is C14H19NO3. The number of carbonyl (C=O) groups excluding carboxylic acids is 1. The van der Waals surface area contributed by atoms with Gasteiger partial charge in [-0.05, 0) is 32.4 Å². The minimum Gasteiger partial charge on any atom is -0.478 e. The van der Waals surface area contributed by atoms with E-state index in [2.05, 4.69) is 5.32 Å². The molecule has 0 fully saturated rings. The number of hydrogen-bond acceptors (Lipinski definition) is 2. The van der Waals surface area contributed by atoms with E-state index in [1.807, 2.05) is 20.8 Å². The van der Waals surface area contributed by atoms with Gasteiger partial charge in [-0.2, -0.15) is 0 Å². The van der Waals surface area contributed by atoms with Crippen molar-refractivity contribution >= 4 is 11.9 Å². The Morgan fingerprint density at radius 2 is 1.78 bits per heavy atom. The maximum absolute atomic E-state index is 12.1. The highest BCUT2D eigenvalue weighted by Gasteiger charge is 2.22. The fraction of sp³-hybridized carbons (Fsp3) is 0.429. The Labute approximate surface area is 107 Å². The molecule has 18 heavy (non-hydrogen) atoms. The lowest BCUT2D eigenvalue weighted by Gasteiger charge is -2.26. The summed E-state index contributed by atoms with van der Waals surface area (Å²) < 4.78 is 0. The van der Waals surface area contributed by atoms with E-state index in [0.29, 0.717) is 0 Å². The van der Waals surface area contributed by atoms with Crippen molar-refractivity contribution in [3.63, 3.8) is 0 Å². The highest BCUT2D eigenvalue weighted by atomic mass is 16.4. The Kier molecular flexibility index (Phi) is 4.48. The minimum absolute atomic E-state index is 0.0299. The summed E-state index contributed by atoms with van der Waals surface area (Å²) in [4.78, 5) is 23.1. The monoisotopic (exact) mass is 249 g/mol. The number of rotatable bonds is 5. The molecule has 0 aliphatic rings. The molecule has 0 saturated heterocycles. The first-order valence-corrected chi connectivity index (χ1v) is 6.02. The van der Waals surface area contributed by atoms with Crippen molar-refractivity contribution in [3.8, 4) is 0 Å². The molecule has 0 bridgehead atoms. The zero-order chi connectivity index (χ0) is 13.8. The van der Waals surface area contributed by atoms with Gasteiger partial charge in [0.25, 0.3) is 5.91 Å². The number of carboxylic acids is 1. The third kappa shape index (κ3) is 3.58. The third-order valence-electron chi connectivity index (χ3n) is 2.73. The topological polar surface area (TPSA) is 66.4 Å². The molecule has 0 atom stereocenters. The average Bonchev–Trinajstić information content (AvgIpc) is 2.28. The van der Waals surface area contributed by atoms with Crippen molar-refractivity contribution in [2.45, 2.75) is 39.2 Å². The summed E-state index contributed by atoms with van der Waals surface area (Å²) in [5.74, 6) is -1.43. The summed E-state index contributed by atoms with van der Waals surface area (Å²) in [6.07, 6.45) is 1.79. The lowest BCUT2D eigenvalue weighted by molar-refractivity contribution is 0.0689. The molecule has 1 aromatic rings. The van der Waals surface area contributed by atoms with Gasteiger partial charge in [-0.1, -0.05) is 25.5 Å². The van der Waals surface area contributed by atoms with Crippen LogP contribution in [0.1, 0.15) is 54.3 Å². The Balaban J connectivity index is 2.95. The number of carboxylic acid groups (broad SMARTS) is 1. The van der Waals surface area contributed by atoms with Crippen LogP contribution in [0.2, 0.25) is 0 Å². The van der Waals surface area contributed by atoms with E-state index in [9.17, 15) is 9.59 Å². The van der Waals surface area contributed by atoms with Crippen molar-refractivity contribution in [3.05, 3.63) is 35.4 Å². The molecule has 0 spiro atoms. The van der Waals surface area contributed by atoms with E-state index >= 15 is 0 Å². The zero-order valence-corrected chi connectivity index (χ0v) is 11.0.